The van der Waals surface area contributed by atoms with Gasteiger partial charge in [-0.3, -0.25) is 0 Å². The number of hydrogen-bond acceptors (Lipinski definition) is 0. The van der Waals surface area contributed by atoms with E-state index in [4.69, 9.17) is 0 Å². The van der Waals surface area contributed by atoms with Crippen molar-refractivity contribution in [2.24, 2.45) is 0 Å². The van der Waals surface area contributed by atoms with Gasteiger partial charge >= 0.3 is 18.9 Å². The Morgan fingerprint density at radius 2 is 1.00 bits per heavy atom. The van der Waals surface area contributed by atoms with Crippen LogP contribution in [0.15, 0.2) is 0 Å². The molecule has 0 saturated carbocycles. The van der Waals surface area contributed by atoms with Gasteiger partial charge in [-0.1, -0.05) is 0 Å². The molecule has 0 aromatic carbocycles. The maximum Gasteiger partial charge on any atom is 1.00 e. The Balaban J connectivity index is 0. The van der Waals surface area contributed by atoms with Gasteiger partial charge in [0.05, 0.1) is 0 Å². The molecule has 20 valence electrons. The number of hydrogen-bond donors (Lipinski definition) is 0. The van der Waals surface area contributed by atoms with E-state index in [9.17, 15) is 0 Å². The molecule has 0 saturated heterocycles. The van der Waals surface area contributed by atoms with Gasteiger partial charge in [-0.05, 0) is 0 Å². The van der Waals surface area contributed by atoms with Crippen molar-refractivity contribution in [3.05, 3.63) is 0 Å². The van der Waals surface area contributed by atoms with Crippen molar-refractivity contribution in [3.8, 4) is 0 Å². The fourth-order valence-electron chi connectivity index (χ4n) is 0. The molecule has 0 aromatic rings. The minimum absolute atomic E-state index is 0. The molecule has 0 amide bonds. The molecule has 0 aromatic heterocycles. The second-order valence-electron chi connectivity index (χ2n) is 0. The average molecular weight is 339 g/mol. The van der Waals surface area contributed by atoms with Crippen LogP contribution in [0.25, 0.3) is 0 Å². The standard InChI is InChI=1S/Al.Li.2Sm.4H/q;+1;;;;;;-1. The fourth-order valence-corrected chi connectivity index (χ4v) is 0. The Morgan fingerprint density at radius 1 is 1.00 bits per heavy atom. The van der Waals surface area contributed by atoms with Crippen LogP contribution in [0.1, 0.15) is 1.43 Å². The predicted molar refractivity (Wildman–Crippen MR) is 11.1 cm³/mol. The Kier molecular flexibility index (Phi) is 98.8. The van der Waals surface area contributed by atoms with Gasteiger partial charge < -0.3 is 1.43 Å². The van der Waals surface area contributed by atoms with Gasteiger partial charge in [0.15, 0.2) is 17.4 Å². The topological polar surface area (TPSA) is 0 Å². The molecule has 0 bridgehead atoms. The van der Waals surface area contributed by atoms with E-state index in [0.29, 0.717) is 0 Å². The van der Waals surface area contributed by atoms with Crippen LogP contribution in [-0.4, -0.2) is 17.4 Å². The first-order valence-electron chi connectivity index (χ1n) is 0. The molecule has 0 heterocycles. The molecule has 0 unspecified atom stereocenters. The molecule has 0 nitrogen and oxygen atoms in total. The van der Waals surface area contributed by atoms with E-state index in [1.807, 2.05) is 0 Å². The van der Waals surface area contributed by atoms with Crippen molar-refractivity contribution < 1.29 is 101 Å². The molecule has 0 fully saturated rings. The molecule has 0 radical (unpaired) electrons. The maximum atomic E-state index is 0. The Bertz CT molecular complexity index is 9.61. The molecule has 0 aliphatic heterocycles. The van der Waals surface area contributed by atoms with Gasteiger partial charge in [-0.2, -0.15) is 0 Å². The van der Waals surface area contributed by atoms with Crippen molar-refractivity contribution in [2.45, 2.75) is 0 Å². The molecular formula is H4AlLiSm2. The van der Waals surface area contributed by atoms with Crippen LogP contribution in [0.2, 0.25) is 0 Å². The first-order chi connectivity index (χ1) is 0. The summed E-state index contributed by atoms with van der Waals surface area (Å²) in [5.74, 6) is 0. The summed E-state index contributed by atoms with van der Waals surface area (Å²) < 4.78 is 0. The van der Waals surface area contributed by atoms with E-state index in [2.05, 4.69) is 0 Å². The van der Waals surface area contributed by atoms with E-state index in [1.54, 1.807) is 0 Å². The molecule has 0 rings (SSSR count). The Labute approximate surface area is 115 Å². The van der Waals surface area contributed by atoms with Gasteiger partial charge in [-0.25, -0.2) is 0 Å². The molecular weight excluding hydrogens is 335 g/mol. The van der Waals surface area contributed by atoms with E-state index >= 15 is 0 Å². The number of rotatable bonds is 0. The van der Waals surface area contributed by atoms with Crippen LogP contribution < -0.4 is 18.9 Å². The zero-order chi connectivity index (χ0) is 0. The van der Waals surface area contributed by atoms with Crippen molar-refractivity contribution in [1.29, 1.82) is 0 Å². The van der Waals surface area contributed by atoms with Crippen molar-refractivity contribution in [3.63, 3.8) is 0 Å². The summed E-state index contributed by atoms with van der Waals surface area (Å²) in [6.45, 7) is 0. The molecule has 0 atom stereocenters. The van der Waals surface area contributed by atoms with Crippen molar-refractivity contribution in [1.82, 2.24) is 0 Å². The quantitative estimate of drug-likeness (QED) is 0.394. The second-order valence-corrected chi connectivity index (χ2v) is 0. The zero-order valence-electron chi connectivity index (χ0n) is 2.82. The SMILES string of the molecule is [AlH3].[H-].[Li+].[Sm].[Sm]. The third-order valence-electron chi connectivity index (χ3n) is 0. The summed E-state index contributed by atoms with van der Waals surface area (Å²) in [6, 6.07) is 0. The third-order valence-corrected chi connectivity index (χ3v) is 0. The van der Waals surface area contributed by atoms with E-state index in [0.717, 1.165) is 0 Å². The maximum absolute atomic E-state index is 0. The minimum atomic E-state index is 0. The molecule has 0 aliphatic rings. The normalized spacial score (nSPS) is 0. The first-order valence-corrected chi connectivity index (χ1v) is 0. The first kappa shape index (κ1) is 25.0. The summed E-state index contributed by atoms with van der Waals surface area (Å²) >= 11 is 0. The van der Waals surface area contributed by atoms with Crippen molar-refractivity contribution in [2.75, 3.05) is 0 Å². The largest absolute Gasteiger partial charge is 1.00 e. The summed E-state index contributed by atoms with van der Waals surface area (Å²) in [4.78, 5) is 0. The molecule has 4 heavy (non-hydrogen) atoms. The van der Waals surface area contributed by atoms with Gasteiger partial charge in [0.2, 0.25) is 0 Å². The molecule has 0 spiro atoms. The van der Waals surface area contributed by atoms with Gasteiger partial charge in [0, 0.05) is 80.8 Å². The molecule has 0 aliphatic carbocycles. The Hall–Kier alpha value is 3.81. The van der Waals surface area contributed by atoms with E-state index < -0.39 is 0 Å². The Morgan fingerprint density at radius 3 is 1.00 bits per heavy atom. The molecule has 0 N–H and O–H groups in total. The van der Waals surface area contributed by atoms with Crippen molar-refractivity contribution >= 4 is 17.4 Å². The smallest absolute Gasteiger partial charge is 1.00 e. The second kappa shape index (κ2) is 15.8. The summed E-state index contributed by atoms with van der Waals surface area (Å²) in [6.07, 6.45) is 0. The van der Waals surface area contributed by atoms with Crippen LogP contribution in [0.4, 0.5) is 0 Å². The average Bonchev–Trinajstić information content (AvgIpc) is 0. The van der Waals surface area contributed by atoms with Crippen LogP contribution >= 0.6 is 0 Å². The summed E-state index contributed by atoms with van der Waals surface area (Å²) in [7, 11) is 0. The van der Waals surface area contributed by atoms with Crippen LogP contribution in [-0.2, 0) is 0 Å². The monoisotopic (exact) mass is 342 g/mol. The van der Waals surface area contributed by atoms with E-state index in [-0.39, 0.29) is 118 Å². The summed E-state index contributed by atoms with van der Waals surface area (Å²) in [5.41, 5.74) is 0. The minimum Gasteiger partial charge on any atom is -1.00 e. The van der Waals surface area contributed by atoms with Gasteiger partial charge in [-0.15, -0.1) is 0 Å². The van der Waals surface area contributed by atoms with Crippen LogP contribution in [0, 0.1) is 80.8 Å². The molecule has 4 heteroatoms. The third kappa shape index (κ3) is 9.26. The van der Waals surface area contributed by atoms with Gasteiger partial charge in [0.1, 0.15) is 0 Å². The van der Waals surface area contributed by atoms with Crippen LogP contribution in [0.5, 0.6) is 0 Å². The van der Waals surface area contributed by atoms with Crippen LogP contribution in [0.3, 0.4) is 0 Å². The van der Waals surface area contributed by atoms with Gasteiger partial charge in [0.25, 0.3) is 0 Å². The predicted octanol–water partition coefficient (Wildman–Crippen LogP) is -4.07. The zero-order valence-corrected chi connectivity index (χ0v) is 7.06. The van der Waals surface area contributed by atoms with E-state index in [1.165, 1.54) is 0 Å². The summed E-state index contributed by atoms with van der Waals surface area (Å²) in [5, 5.41) is 0. The fraction of sp³-hybridized carbons (Fsp3) is 0.